The van der Waals surface area contributed by atoms with Crippen molar-refractivity contribution < 1.29 is 17.6 Å². The van der Waals surface area contributed by atoms with E-state index in [-0.39, 0.29) is 28.1 Å². The number of sulfone groups is 1. The highest BCUT2D eigenvalue weighted by atomic mass is 32.2. The van der Waals surface area contributed by atoms with E-state index in [2.05, 4.69) is 0 Å². The second-order valence-corrected chi connectivity index (χ2v) is 6.40. The zero-order valence-electron chi connectivity index (χ0n) is 8.53. The Hall–Kier alpha value is -1.23. The van der Waals surface area contributed by atoms with Gasteiger partial charge in [-0.25, -0.2) is 12.8 Å². The molecule has 1 aromatic carbocycles. The second-order valence-electron chi connectivity index (χ2n) is 4.42. The molecule has 16 heavy (non-hydrogen) atoms. The Morgan fingerprint density at radius 1 is 1.31 bits per heavy atom. The van der Waals surface area contributed by atoms with E-state index in [1.807, 2.05) is 0 Å². The molecule has 0 N–H and O–H groups in total. The van der Waals surface area contributed by atoms with Gasteiger partial charge >= 0.3 is 0 Å². The molecule has 0 saturated heterocycles. The number of carbonyl (C=O) groups excluding carboxylic acids is 1. The lowest BCUT2D eigenvalue weighted by Crippen LogP contribution is -2.09. The molecule has 1 aromatic rings. The molecule has 0 aromatic heterocycles. The summed E-state index contributed by atoms with van der Waals surface area (Å²) in [5, 5.41) is 0. The average molecular weight is 240 g/mol. The number of rotatable bonds is 1. The Balaban J connectivity index is 2.37. The highest BCUT2D eigenvalue weighted by Crippen LogP contribution is 2.57. The van der Waals surface area contributed by atoms with Gasteiger partial charge in [0, 0.05) is 23.3 Å². The van der Waals surface area contributed by atoms with E-state index >= 15 is 0 Å². The molecule has 0 spiro atoms. The summed E-state index contributed by atoms with van der Waals surface area (Å²) in [4.78, 5) is 11.8. The van der Waals surface area contributed by atoms with Crippen LogP contribution in [0.25, 0.3) is 0 Å². The third-order valence-electron chi connectivity index (χ3n) is 3.30. The van der Waals surface area contributed by atoms with Crippen LogP contribution in [0.1, 0.15) is 28.3 Å². The number of benzene rings is 1. The normalized spacial score (nSPS) is 26.5. The zero-order chi connectivity index (χ0) is 11.7. The first kappa shape index (κ1) is 9.96. The van der Waals surface area contributed by atoms with Crippen molar-refractivity contribution in [1.82, 2.24) is 0 Å². The molecule has 2 unspecified atom stereocenters. The summed E-state index contributed by atoms with van der Waals surface area (Å²) in [5.74, 6) is -0.919. The number of fused-ring (bicyclic) bond motifs is 3. The van der Waals surface area contributed by atoms with Crippen LogP contribution in [0.4, 0.5) is 4.39 Å². The Labute approximate surface area is 92.2 Å². The lowest BCUT2D eigenvalue weighted by molar-refractivity contribution is 0.0971. The maximum atomic E-state index is 13.6. The van der Waals surface area contributed by atoms with Gasteiger partial charge in [0.05, 0.1) is 4.90 Å². The van der Waals surface area contributed by atoms with Gasteiger partial charge in [0.25, 0.3) is 0 Å². The predicted molar refractivity (Wildman–Crippen MR) is 54.7 cm³/mol. The zero-order valence-corrected chi connectivity index (χ0v) is 9.34. The van der Waals surface area contributed by atoms with E-state index in [4.69, 9.17) is 0 Å². The monoisotopic (exact) mass is 240 g/mol. The molecule has 5 heteroatoms. The summed E-state index contributed by atoms with van der Waals surface area (Å²) >= 11 is 0. The van der Waals surface area contributed by atoms with Crippen molar-refractivity contribution in [2.24, 2.45) is 5.92 Å². The van der Waals surface area contributed by atoms with Crippen LogP contribution in [-0.2, 0) is 9.84 Å². The molecule has 0 amide bonds. The van der Waals surface area contributed by atoms with Gasteiger partial charge in [-0.1, -0.05) is 0 Å². The van der Waals surface area contributed by atoms with E-state index < -0.39 is 15.7 Å². The van der Waals surface area contributed by atoms with Gasteiger partial charge in [-0.2, -0.15) is 0 Å². The van der Waals surface area contributed by atoms with Crippen molar-refractivity contribution in [1.29, 1.82) is 0 Å². The third-order valence-corrected chi connectivity index (χ3v) is 4.44. The number of hydrogen-bond acceptors (Lipinski definition) is 3. The van der Waals surface area contributed by atoms with Gasteiger partial charge in [0.1, 0.15) is 5.82 Å². The molecule has 0 radical (unpaired) electrons. The minimum Gasteiger partial charge on any atom is -0.294 e. The second kappa shape index (κ2) is 2.71. The molecular formula is C11H9FO3S. The largest absolute Gasteiger partial charge is 0.294 e. The number of ketones is 1. The van der Waals surface area contributed by atoms with Crippen LogP contribution < -0.4 is 0 Å². The van der Waals surface area contributed by atoms with Gasteiger partial charge in [-0.3, -0.25) is 4.79 Å². The molecule has 1 fully saturated rings. The van der Waals surface area contributed by atoms with E-state index in [9.17, 15) is 17.6 Å². The van der Waals surface area contributed by atoms with Crippen LogP contribution in [0, 0.1) is 11.7 Å². The molecule has 2 aliphatic rings. The average Bonchev–Trinajstić information content (AvgIpc) is 2.88. The highest BCUT2D eigenvalue weighted by Gasteiger charge is 2.54. The maximum Gasteiger partial charge on any atom is 0.176 e. The molecule has 2 aliphatic carbocycles. The van der Waals surface area contributed by atoms with Crippen LogP contribution >= 0.6 is 0 Å². The molecule has 1 saturated carbocycles. The molecule has 3 rings (SSSR count). The predicted octanol–water partition coefficient (Wildman–Crippen LogP) is 1.53. The number of halogens is 1. The first-order valence-corrected chi connectivity index (χ1v) is 6.87. The van der Waals surface area contributed by atoms with Gasteiger partial charge in [0.15, 0.2) is 15.6 Å². The minimum atomic E-state index is -3.47. The fourth-order valence-electron chi connectivity index (χ4n) is 2.49. The van der Waals surface area contributed by atoms with Crippen LogP contribution in [-0.4, -0.2) is 20.5 Å². The molecule has 0 heterocycles. The van der Waals surface area contributed by atoms with Crippen LogP contribution in [0.5, 0.6) is 0 Å². The van der Waals surface area contributed by atoms with Crippen molar-refractivity contribution in [2.45, 2.75) is 17.2 Å². The van der Waals surface area contributed by atoms with Gasteiger partial charge in [0.2, 0.25) is 0 Å². The summed E-state index contributed by atoms with van der Waals surface area (Å²) in [7, 11) is -3.47. The van der Waals surface area contributed by atoms with E-state index in [1.54, 1.807) is 0 Å². The minimum absolute atomic E-state index is 0.0268. The number of carbonyl (C=O) groups is 1. The Morgan fingerprint density at radius 2 is 2.00 bits per heavy atom. The van der Waals surface area contributed by atoms with Crippen LogP contribution in [0.2, 0.25) is 0 Å². The lowest BCUT2D eigenvalue weighted by atomic mass is 10.0. The van der Waals surface area contributed by atoms with Crippen molar-refractivity contribution in [3.8, 4) is 0 Å². The van der Waals surface area contributed by atoms with Gasteiger partial charge in [-0.05, 0) is 24.5 Å². The third kappa shape index (κ3) is 1.12. The van der Waals surface area contributed by atoms with Gasteiger partial charge < -0.3 is 0 Å². The van der Waals surface area contributed by atoms with Crippen molar-refractivity contribution in [3.63, 3.8) is 0 Å². The van der Waals surface area contributed by atoms with Crippen LogP contribution in [0.15, 0.2) is 17.0 Å². The smallest absolute Gasteiger partial charge is 0.176 e. The molecule has 84 valence electrons. The lowest BCUT2D eigenvalue weighted by Gasteiger charge is -2.08. The van der Waals surface area contributed by atoms with Crippen molar-refractivity contribution >= 4 is 15.6 Å². The molecule has 0 bridgehead atoms. The van der Waals surface area contributed by atoms with Crippen molar-refractivity contribution in [3.05, 3.63) is 29.1 Å². The maximum absolute atomic E-state index is 13.6. The molecule has 3 nitrogen and oxygen atoms in total. The summed E-state index contributed by atoms with van der Waals surface area (Å²) in [6, 6.07) is 2.33. The Morgan fingerprint density at radius 3 is 2.62 bits per heavy atom. The first-order valence-electron chi connectivity index (χ1n) is 4.98. The van der Waals surface area contributed by atoms with Crippen molar-refractivity contribution in [2.75, 3.05) is 6.26 Å². The SMILES string of the molecule is CS(=O)(=O)c1ccc(F)c2c1C(=O)C1CC21. The fourth-order valence-corrected chi connectivity index (χ4v) is 3.39. The Kier molecular flexibility index (Phi) is 1.69. The fraction of sp³-hybridized carbons (Fsp3) is 0.364. The van der Waals surface area contributed by atoms with E-state index in [0.717, 1.165) is 12.3 Å². The molecule has 2 atom stereocenters. The quantitative estimate of drug-likeness (QED) is 0.699. The standard InChI is InChI=1S/C11H9FO3S/c1-16(14,15)8-3-2-7(12)9-5-4-6(5)11(13)10(8)9/h2-3,5-6H,4H2,1H3. The van der Waals surface area contributed by atoms with E-state index in [1.165, 1.54) is 6.07 Å². The molecule has 0 aliphatic heterocycles. The number of Topliss-reactive ketones (excluding diaryl/α,β-unsaturated/α-hetero) is 1. The van der Waals surface area contributed by atoms with E-state index in [0.29, 0.717) is 12.0 Å². The first-order chi connectivity index (χ1) is 7.41. The van der Waals surface area contributed by atoms with Gasteiger partial charge in [-0.15, -0.1) is 0 Å². The highest BCUT2D eigenvalue weighted by molar-refractivity contribution is 7.90. The Bertz CT molecular complexity index is 618. The summed E-state index contributed by atoms with van der Waals surface area (Å²) in [6.45, 7) is 0. The number of hydrogen-bond donors (Lipinski definition) is 0. The van der Waals surface area contributed by atoms with Crippen LogP contribution in [0.3, 0.4) is 0 Å². The summed E-state index contributed by atoms with van der Waals surface area (Å²) < 4.78 is 36.6. The summed E-state index contributed by atoms with van der Waals surface area (Å²) in [5.41, 5.74) is 0.418. The topological polar surface area (TPSA) is 51.2 Å². The summed E-state index contributed by atoms with van der Waals surface area (Å²) in [6.07, 6.45) is 1.70. The molecular weight excluding hydrogens is 231 g/mol.